The third-order valence-corrected chi connectivity index (χ3v) is 7.11. The Hall–Kier alpha value is -4.47. The predicted molar refractivity (Wildman–Crippen MR) is 167 cm³/mol. The smallest absolute Gasteiger partial charge is 0.347 e. The average molecular weight is 617 g/mol. The van der Waals surface area contributed by atoms with Gasteiger partial charge in [0.15, 0.2) is 6.29 Å². The molecule has 3 aromatic rings. The molecule has 0 aliphatic carbocycles. The fraction of sp³-hybridized carbons (Fsp3) is 0.361. The van der Waals surface area contributed by atoms with Gasteiger partial charge in [0.2, 0.25) is 0 Å². The summed E-state index contributed by atoms with van der Waals surface area (Å²) in [5.41, 5.74) is 1.51. The van der Waals surface area contributed by atoms with Crippen molar-refractivity contribution in [3.05, 3.63) is 108 Å². The van der Waals surface area contributed by atoms with E-state index in [9.17, 15) is 14.4 Å². The van der Waals surface area contributed by atoms with Gasteiger partial charge in [-0.2, -0.15) is 0 Å². The van der Waals surface area contributed by atoms with Crippen molar-refractivity contribution in [2.45, 2.75) is 57.3 Å². The first-order valence-corrected chi connectivity index (χ1v) is 15.4. The molecule has 45 heavy (non-hydrogen) atoms. The molecule has 3 aromatic carbocycles. The van der Waals surface area contributed by atoms with E-state index < -0.39 is 24.0 Å². The summed E-state index contributed by atoms with van der Waals surface area (Å²) in [5, 5.41) is 0. The quantitative estimate of drug-likeness (QED) is 0.0685. The Morgan fingerprint density at radius 1 is 0.822 bits per heavy atom. The molecule has 1 aliphatic rings. The first-order chi connectivity index (χ1) is 22.0. The van der Waals surface area contributed by atoms with Gasteiger partial charge in [-0.3, -0.25) is 0 Å². The summed E-state index contributed by atoms with van der Waals surface area (Å²) in [6.45, 7) is 4.84. The van der Waals surface area contributed by atoms with Gasteiger partial charge >= 0.3 is 17.9 Å². The Morgan fingerprint density at radius 2 is 1.56 bits per heavy atom. The number of hydrogen-bond donors (Lipinski definition) is 0. The van der Waals surface area contributed by atoms with Crippen molar-refractivity contribution < 1.29 is 42.8 Å². The lowest BCUT2D eigenvalue weighted by Gasteiger charge is -2.27. The van der Waals surface area contributed by atoms with Crippen LogP contribution in [0.3, 0.4) is 0 Å². The third kappa shape index (κ3) is 11.2. The van der Waals surface area contributed by atoms with Gasteiger partial charge in [-0.1, -0.05) is 49.0 Å². The maximum atomic E-state index is 12.9. The fourth-order valence-corrected chi connectivity index (χ4v) is 4.67. The molecule has 2 atom stereocenters. The number of carbonyl (C=O) groups excluding carboxylic acids is 3. The van der Waals surface area contributed by atoms with E-state index >= 15 is 0 Å². The molecule has 1 aliphatic heterocycles. The molecule has 0 spiro atoms. The summed E-state index contributed by atoms with van der Waals surface area (Å²) >= 11 is 0. The van der Waals surface area contributed by atoms with Crippen LogP contribution in [0.5, 0.6) is 11.5 Å². The van der Waals surface area contributed by atoms with Gasteiger partial charge in [0.25, 0.3) is 0 Å². The molecule has 0 N–H and O–H groups in total. The second-order valence-corrected chi connectivity index (χ2v) is 10.5. The number of unbranched alkanes of at least 4 members (excludes halogenated alkanes) is 3. The molecule has 9 heteroatoms. The van der Waals surface area contributed by atoms with Gasteiger partial charge in [0.05, 0.1) is 18.8 Å². The standard InChI is InChI=1S/C36H40O9/c1-2-33(37)41-24-12-4-3-11-23-40-31-17-9-8-16-30(31)36(39)44-29-21-19-28(20-22-29)35(38)43-26-32(27-14-6-5-7-15-27)45-34-18-10-13-25-42-34/h2,5-9,14-17,19-22,32,34H,1,3-4,10-13,18,23-26H2. The summed E-state index contributed by atoms with van der Waals surface area (Å²) < 4.78 is 33.9. The SMILES string of the molecule is C=CC(=O)OCCCCCCOc1ccccc1C(=O)Oc1ccc(C(=O)OCC(OC2CCCCO2)c2ccccc2)cc1. The van der Waals surface area contributed by atoms with Gasteiger partial charge in [0, 0.05) is 12.7 Å². The van der Waals surface area contributed by atoms with Crippen LogP contribution in [0.4, 0.5) is 0 Å². The molecule has 1 saturated heterocycles. The van der Waals surface area contributed by atoms with Crippen LogP contribution in [-0.2, 0) is 23.7 Å². The van der Waals surface area contributed by atoms with E-state index in [4.69, 9.17) is 28.4 Å². The zero-order valence-electron chi connectivity index (χ0n) is 25.4. The van der Waals surface area contributed by atoms with Gasteiger partial charge in [-0.25, -0.2) is 14.4 Å². The second kappa shape index (κ2) is 18.4. The highest BCUT2D eigenvalue weighted by Crippen LogP contribution is 2.26. The Kier molecular flexibility index (Phi) is 13.6. The number of carbonyl (C=O) groups is 3. The topological polar surface area (TPSA) is 107 Å². The van der Waals surface area contributed by atoms with Crippen molar-refractivity contribution in [3.63, 3.8) is 0 Å². The van der Waals surface area contributed by atoms with Crippen molar-refractivity contribution >= 4 is 17.9 Å². The minimum Gasteiger partial charge on any atom is -0.493 e. The van der Waals surface area contributed by atoms with Crippen molar-refractivity contribution in [3.8, 4) is 11.5 Å². The number of ether oxygens (including phenoxy) is 6. The molecule has 1 fully saturated rings. The summed E-state index contributed by atoms with van der Waals surface area (Å²) in [6, 6.07) is 22.7. The Balaban J connectivity index is 1.24. The van der Waals surface area contributed by atoms with Crippen LogP contribution in [0.25, 0.3) is 0 Å². The number of hydrogen-bond acceptors (Lipinski definition) is 9. The Labute approximate surface area is 264 Å². The summed E-state index contributed by atoms with van der Waals surface area (Å²) in [6.07, 6.45) is 6.51. The highest BCUT2D eigenvalue weighted by molar-refractivity contribution is 5.94. The van der Waals surface area contributed by atoms with Gasteiger partial charge in [0.1, 0.15) is 29.8 Å². The Bertz CT molecular complexity index is 1360. The fourth-order valence-electron chi connectivity index (χ4n) is 4.67. The summed E-state index contributed by atoms with van der Waals surface area (Å²) in [4.78, 5) is 36.9. The molecule has 1 heterocycles. The molecule has 0 aromatic heterocycles. The molecule has 4 rings (SSSR count). The summed E-state index contributed by atoms with van der Waals surface area (Å²) in [5.74, 6) is -0.796. The molecule has 238 valence electrons. The molecular formula is C36H40O9. The minimum absolute atomic E-state index is 0.0292. The van der Waals surface area contributed by atoms with Crippen LogP contribution in [0.1, 0.15) is 77.3 Å². The largest absolute Gasteiger partial charge is 0.493 e. The van der Waals surface area contributed by atoms with Crippen molar-refractivity contribution in [2.24, 2.45) is 0 Å². The van der Waals surface area contributed by atoms with Crippen LogP contribution in [-0.4, -0.2) is 50.6 Å². The monoisotopic (exact) mass is 616 g/mol. The summed E-state index contributed by atoms with van der Waals surface area (Å²) in [7, 11) is 0. The van der Waals surface area contributed by atoms with E-state index in [0.717, 1.165) is 56.6 Å². The lowest BCUT2D eigenvalue weighted by molar-refractivity contribution is -0.196. The number of esters is 3. The van der Waals surface area contributed by atoms with Gasteiger partial charge in [-0.05, 0) is 86.9 Å². The van der Waals surface area contributed by atoms with Gasteiger partial charge in [-0.15, -0.1) is 0 Å². The van der Waals surface area contributed by atoms with Crippen LogP contribution in [0.2, 0.25) is 0 Å². The van der Waals surface area contributed by atoms with Crippen molar-refractivity contribution in [1.29, 1.82) is 0 Å². The van der Waals surface area contributed by atoms with Crippen molar-refractivity contribution in [2.75, 3.05) is 26.4 Å². The van der Waals surface area contributed by atoms with Crippen LogP contribution in [0.15, 0.2) is 91.5 Å². The van der Waals surface area contributed by atoms with E-state index in [-0.39, 0.29) is 18.6 Å². The highest BCUT2D eigenvalue weighted by atomic mass is 16.7. The van der Waals surface area contributed by atoms with Crippen molar-refractivity contribution in [1.82, 2.24) is 0 Å². The van der Waals surface area contributed by atoms with Crippen LogP contribution in [0, 0.1) is 0 Å². The van der Waals surface area contributed by atoms with E-state index in [1.165, 1.54) is 0 Å². The Morgan fingerprint density at radius 3 is 2.29 bits per heavy atom. The van der Waals surface area contributed by atoms with E-state index in [0.29, 0.717) is 36.7 Å². The van der Waals surface area contributed by atoms with E-state index in [2.05, 4.69) is 6.58 Å². The maximum Gasteiger partial charge on any atom is 0.347 e. The minimum atomic E-state index is -0.572. The molecule has 0 bridgehead atoms. The molecule has 0 radical (unpaired) electrons. The highest BCUT2D eigenvalue weighted by Gasteiger charge is 2.23. The maximum absolute atomic E-state index is 12.9. The lowest BCUT2D eigenvalue weighted by atomic mass is 10.1. The number of rotatable bonds is 17. The predicted octanol–water partition coefficient (Wildman–Crippen LogP) is 7.02. The average Bonchev–Trinajstić information content (AvgIpc) is 3.08. The molecule has 0 saturated carbocycles. The molecule has 2 unspecified atom stereocenters. The van der Waals surface area contributed by atoms with E-state index in [1.54, 1.807) is 48.5 Å². The number of para-hydroxylation sites is 1. The first kappa shape index (κ1) is 33.4. The van der Waals surface area contributed by atoms with Gasteiger partial charge < -0.3 is 28.4 Å². The van der Waals surface area contributed by atoms with Crippen LogP contribution >= 0.6 is 0 Å². The molecule has 9 nitrogen and oxygen atoms in total. The second-order valence-electron chi connectivity index (χ2n) is 10.5. The zero-order valence-corrected chi connectivity index (χ0v) is 25.4. The third-order valence-electron chi connectivity index (χ3n) is 7.11. The number of benzene rings is 3. The molecular weight excluding hydrogens is 576 g/mol. The lowest BCUT2D eigenvalue weighted by Crippen LogP contribution is -2.27. The normalized spacial score (nSPS) is 15.0. The first-order valence-electron chi connectivity index (χ1n) is 15.4. The van der Waals surface area contributed by atoms with E-state index in [1.807, 2.05) is 30.3 Å². The molecule has 0 amide bonds. The van der Waals surface area contributed by atoms with Crippen LogP contribution < -0.4 is 9.47 Å². The zero-order chi connectivity index (χ0) is 31.7.